The Morgan fingerprint density at radius 1 is 0.821 bits per heavy atom. The molecule has 4 aromatic rings. The third-order valence-electron chi connectivity index (χ3n) is 7.62. The lowest BCUT2D eigenvalue weighted by Gasteiger charge is -2.35. The molecule has 0 aliphatic carbocycles. The molecule has 1 unspecified atom stereocenters. The van der Waals surface area contributed by atoms with Gasteiger partial charge < -0.3 is 23.8 Å². The number of hydrogen-bond donors (Lipinski definition) is 0. The van der Waals surface area contributed by atoms with Gasteiger partial charge in [0.05, 0.1) is 14.2 Å². The number of amides is 2. The Balaban J connectivity index is 1.55. The van der Waals surface area contributed by atoms with Crippen LogP contribution in [0.4, 0.5) is 0 Å². The van der Waals surface area contributed by atoms with Crippen molar-refractivity contribution in [1.29, 1.82) is 0 Å². The fourth-order valence-electron chi connectivity index (χ4n) is 5.48. The van der Waals surface area contributed by atoms with E-state index >= 15 is 0 Å². The Hall–Kier alpha value is -4.26. The average Bonchev–Trinajstić information content (AvgIpc) is 3.33. The number of rotatable bonds is 8. The first-order valence-electron chi connectivity index (χ1n) is 13.3. The van der Waals surface area contributed by atoms with Crippen molar-refractivity contribution < 1.29 is 19.1 Å². The molecule has 0 spiro atoms. The van der Waals surface area contributed by atoms with Crippen molar-refractivity contribution >= 4 is 22.7 Å². The Bertz CT molecular complexity index is 1430. The van der Waals surface area contributed by atoms with E-state index in [9.17, 15) is 9.59 Å². The van der Waals surface area contributed by atoms with Crippen molar-refractivity contribution in [3.8, 4) is 11.5 Å². The van der Waals surface area contributed by atoms with Gasteiger partial charge in [0.15, 0.2) is 0 Å². The number of benzene rings is 3. The van der Waals surface area contributed by atoms with Crippen LogP contribution in [-0.4, -0.2) is 66.6 Å². The van der Waals surface area contributed by atoms with Gasteiger partial charge in [0.2, 0.25) is 11.8 Å². The highest BCUT2D eigenvalue weighted by molar-refractivity contribution is 5.87. The topological polar surface area (TPSA) is 64.0 Å². The van der Waals surface area contributed by atoms with E-state index in [4.69, 9.17) is 9.47 Å². The van der Waals surface area contributed by atoms with Gasteiger partial charge in [0.25, 0.3) is 0 Å². The molecule has 0 bridgehead atoms. The van der Waals surface area contributed by atoms with Crippen molar-refractivity contribution in [3.05, 3.63) is 95.7 Å². The molecule has 2 heterocycles. The van der Waals surface area contributed by atoms with E-state index in [1.165, 1.54) is 5.56 Å². The maximum absolute atomic E-state index is 13.7. The van der Waals surface area contributed by atoms with Crippen molar-refractivity contribution in [2.24, 2.45) is 0 Å². The molecule has 1 aliphatic rings. The van der Waals surface area contributed by atoms with Crippen LogP contribution in [0.2, 0.25) is 0 Å². The van der Waals surface area contributed by atoms with Gasteiger partial charge in [-0.05, 0) is 34.9 Å². The Labute approximate surface area is 229 Å². The quantitative estimate of drug-likeness (QED) is 0.328. The van der Waals surface area contributed by atoms with Gasteiger partial charge >= 0.3 is 0 Å². The predicted molar refractivity (Wildman–Crippen MR) is 152 cm³/mol. The second kappa shape index (κ2) is 11.6. The molecule has 1 aliphatic heterocycles. The van der Waals surface area contributed by atoms with Crippen LogP contribution in [0.15, 0.2) is 79.0 Å². The Morgan fingerprint density at radius 3 is 2.08 bits per heavy atom. The summed E-state index contributed by atoms with van der Waals surface area (Å²) in [5.74, 6) is 1.28. The van der Waals surface area contributed by atoms with E-state index in [0.29, 0.717) is 44.1 Å². The predicted octanol–water partition coefficient (Wildman–Crippen LogP) is 4.92. The molecule has 202 valence electrons. The monoisotopic (exact) mass is 525 g/mol. The minimum Gasteiger partial charge on any atom is -0.497 e. The van der Waals surface area contributed by atoms with Gasteiger partial charge in [0, 0.05) is 75.2 Å². The maximum atomic E-state index is 13.7. The van der Waals surface area contributed by atoms with Crippen LogP contribution in [0.5, 0.6) is 11.5 Å². The lowest BCUT2D eigenvalue weighted by molar-refractivity contribution is -0.138. The van der Waals surface area contributed by atoms with Gasteiger partial charge in [-0.25, -0.2) is 0 Å². The summed E-state index contributed by atoms with van der Waals surface area (Å²) in [7, 11) is 3.28. The lowest BCUT2D eigenvalue weighted by Crippen LogP contribution is -2.50. The van der Waals surface area contributed by atoms with Crippen LogP contribution in [0.1, 0.15) is 36.0 Å². The minimum absolute atomic E-state index is 0.0506. The van der Waals surface area contributed by atoms with Crippen LogP contribution in [0.25, 0.3) is 10.9 Å². The molecule has 1 fully saturated rings. The molecule has 1 aromatic heterocycles. The SMILES string of the molecule is COc1cc(OC)cc(C(CC(=O)N2CCN(C(C)=O)CC2)c2cn(Cc3ccccc3)c3ccccc23)c1. The minimum atomic E-state index is -0.214. The second-order valence-electron chi connectivity index (χ2n) is 10.0. The van der Waals surface area contributed by atoms with E-state index in [2.05, 4.69) is 53.2 Å². The smallest absolute Gasteiger partial charge is 0.223 e. The van der Waals surface area contributed by atoms with Crippen LogP contribution in [0.3, 0.4) is 0 Å². The van der Waals surface area contributed by atoms with Crippen LogP contribution in [0, 0.1) is 0 Å². The summed E-state index contributed by atoms with van der Waals surface area (Å²) < 4.78 is 13.4. The van der Waals surface area contributed by atoms with Crippen molar-refractivity contribution in [2.45, 2.75) is 25.8 Å². The molecule has 1 atom stereocenters. The average molecular weight is 526 g/mol. The van der Waals surface area contributed by atoms with E-state index in [0.717, 1.165) is 28.6 Å². The lowest BCUT2D eigenvalue weighted by atomic mass is 9.87. The zero-order valence-electron chi connectivity index (χ0n) is 22.8. The molecule has 0 N–H and O–H groups in total. The number of hydrogen-bond acceptors (Lipinski definition) is 4. The Kier molecular flexibility index (Phi) is 7.87. The molecular formula is C32H35N3O4. The number of nitrogens with zero attached hydrogens (tertiary/aromatic N) is 3. The largest absolute Gasteiger partial charge is 0.497 e. The molecule has 2 amide bonds. The molecule has 39 heavy (non-hydrogen) atoms. The number of ether oxygens (including phenoxy) is 2. The number of para-hydroxylation sites is 1. The number of methoxy groups -OCH3 is 2. The Morgan fingerprint density at radius 2 is 1.44 bits per heavy atom. The molecule has 7 nitrogen and oxygen atoms in total. The first-order valence-corrected chi connectivity index (χ1v) is 13.3. The first kappa shape index (κ1) is 26.4. The third kappa shape index (κ3) is 5.77. The van der Waals surface area contributed by atoms with Crippen LogP contribution >= 0.6 is 0 Å². The molecule has 5 rings (SSSR count). The maximum Gasteiger partial charge on any atom is 0.223 e. The molecule has 1 saturated heterocycles. The summed E-state index contributed by atoms with van der Waals surface area (Å²) in [5.41, 5.74) is 4.39. The van der Waals surface area contributed by atoms with E-state index < -0.39 is 0 Å². The number of aromatic nitrogens is 1. The summed E-state index contributed by atoms with van der Waals surface area (Å²) in [4.78, 5) is 29.2. The number of carbonyl (C=O) groups excluding carboxylic acids is 2. The van der Waals surface area contributed by atoms with Crippen LogP contribution in [-0.2, 0) is 16.1 Å². The van der Waals surface area contributed by atoms with Gasteiger partial charge in [-0.15, -0.1) is 0 Å². The van der Waals surface area contributed by atoms with E-state index in [1.54, 1.807) is 26.0 Å². The second-order valence-corrected chi connectivity index (χ2v) is 10.0. The highest BCUT2D eigenvalue weighted by Gasteiger charge is 2.28. The van der Waals surface area contributed by atoms with Gasteiger partial charge in [-0.2, -0.15) is 0 Å². The molecule has 0 radical (unpaired) electrons. The van der Waals surface area contributed by atoms with E-state index in [1.807, 2.05) is 35.2 Å². The van der Waals surface area contributed by atoms with Crippen LogP contribution < -0.4 is 9.47 Å². The summed E-state index contributed by atoms with van der Waals surface area (Å²) in [6, 6.07) is 24.6. The molecule has 0 saturated carbocycles. The van der Waals surface area contributed by atoms with Crippen molar-refractivity contribution in [3.63, 3.8) is 0 Å². The zero-order valence-corrected chi connectivity index (χ0v) is 22.8. The highest BCUT2D eigenvalue weighted by atomic mass is 16.5. The molecule has 3 aromatic carbocycles. The number of carbonyl (C=O) groups is 2. The van der Waals surface area contributed by atoms with E-state index in [-0.39, 0.29) is 17.7 Å². The summed E-state index contributed by atoms with van der Waals surface area (Å²) in [5, 5.41) is 1.12. The molecule has 7 heteroatoms. The third-order valence-corrected chi connectivity index (χ3v) is 7.62. The molecular weight excluding hydrogens is 490 g/mol. The highest BCUT2D eigenvalue weighted by Crippen LogP contribution is 2.38. The van der Waals surface area contributed by atoms with Gasteiger partial charge in [-0.1, -0.05) is 48.5 Å². The summed E-state index contributed by atoms with van der Waals surface area (Å²) in [6.45, 7) is 4.53. The van der Waals surface area contributed by atoms with Crippen molar-refractivity contribution in [2.75, 3.05) is 40.4 Å². The normalized spacial score (nSPS) is 14.3. The standard InChI is InChI=1S/C32H35N3O4/c1-23(36)33-13-15-34(16-14-33)32(37)20-29(25-17-26(38-2)19-27(18-25)39-3)30-22-35(21-24-9-5-4-6-10-24)31-12-8-7-11-28(30)31/h4-12,17-19,22,29H,13-16,20-21H2,1-3H3. The van der Waals surface area contributed by atoms with Gasteiger partial charge in [-0.3, -0.25) is 9.59 Å². The van der Waals surface area contributed by atoms with Gasteiger partial charge in [0.1, 0.15) is 11.5 Å². The fourth-order valence-corrected chi connectivity index (χ4v) is 5.48. The zero-order chi connectivity index (χ0) is 27.4. The number of piperazine rings is 1. The fraction of sp³-hybridized carbons (Fsp3) is 0.312. The van der Waals surface area contributed by atoms with Crippen molar-refractivity contribution in [1.82, 2.24) is 14.4 Å². The summed E-state index contributed by atoms with van der Waals surface area (Å²) in [6.07, 6.45) is 2.49. The number of fused-ring (bicyclic) bond motifs is 1. The summed E-state index contributed by atoms with van der Waals surface area (Å²) >= 11 is 0. The first-order chi connectivity index (χ1) is 19.0.